The topological polar surface area (TPSA) is 96.7 Å². The zero-order chi connectivity index (χ0) is 13.0. The van der Waals surface area contributed by atoms with E-state index < -0.39 is 0 Å². The molecule has 0 aromatic carbocycles. The molecule has 0 bridgehead atoms. The van der Waals surface area contributed by atoms with Gasteiger partial charge < -0.3 is 10.1 Å². The highest BCUT2D eigenvalue weighted by atomic mass is 16.5. The lowest BCUT2D eigenvalue weighted by atomic mass is 10.2. The first-order chi connectivity index (χ1) is 8.70. The van der Waals surface area contributed by atoms with Crippen molar-refractivity contribution in [2.24, 2.45) is 5.84 Å². The maximum absolute atomic E-state index is 12.0. The van der Waals surface area contributed by atoms with E-state index in [0.717, 1.165) is 12.8 Å². The summed E-state index contributed by atoms with van der Waals surface area (Å²) in [5.41, 5.74) is 2.09. The van der Waals surface area contributed by atoms with Gasteiger partial charge in [0.15, 0.2) is 0 Å². The van der Waals surface area contributed by atoms with Crippen molar-refractivity contribution in [3.63, 3.8) is 0 Å². The molecule has 0 aromatic heterocycles. The maximum Gasteiger partial charge on any atom is 0.239 e. The highest BCUT2D eigenvalue weighted by molar-refractivity contribution is 5.82. The van der Waals surface area contributed by atoms with Crippen LogP contribution in [0.1, 0.15) is 19.3 Å². The van der Waals surface area contributed by atoms with E-state index in [2.05, 4.69) is 10.7 Å². The van der Waals surface area contributed by atoms with Crippen molar-refractivity contribution in [1.82, 2.24) is 15.6 Å². The molecule has 0 aromatic rings. The van der Waals surface area contributed by atoms with Gasteiger partial charge in [-0.15, -0.1) is 0 Å². The number of nitrogens with one attached hydrogen (secondary N) is 2. The summed E-state index contributed by atoms with van der Waals surface area (Å²) in [7, 11) is 0. The van der Waals surface area contributed by atoms with Crippen molar-refractivity contribution in [3.05, 3.63) is 0 Å². The van der Waals surface area contributed by atoms with E-state index in [4.69, 9.17) is 10.6 Å². The number of nitrogens with zero attached hydrogens (tertiary/aromatic N) is 1. The minimum Gasteiger partial charge on any atom is -0.378 e. The molecule has 0 radical (unpaired) electrons. The van der Waals surface area contributed by atoms with Gasteiger partial charge in [-0.2, -0.15) is 0 Å². The summed E-state index contributed by atoms with van der Waals surface area (Å²) in [4.78, 5) is 25.1. The lowest BCUT2D eigenvalue weighted by Gasteiger charge is -2.34. The minimum atomic E-state index is -0.287. The van der Waals surface area contributed by atoms with Crippen LogP contribution >= 0.6 is 0 Å². The first-order valence-corrected chi connectivity index (χ1v) is 6.32. The molecule has 1 heterocycles. The quantitative estimate of drug-likeness (QED) is 0.311. The zero-order valence-corrected chi connectivity index (χ0v) is 10.4. The molecule has 7 heteroatoms. The minimum absolute atomic E-state index is 0.00496. The fourth-order valence-corrected chi connectivity index (χ4v) is 1.99. The predicted molar refractivity (Wildman–Crippen MR) is 64.3 cm³/mol. The average Bonchev–Trinajstić information content (AvgIpc) is 3.20. The van der Waals surface area contributed by atoms with Crippen LogP contribution in [0.15, 0.2) is 0 Å². The van der Waals surface area contributed by atoms with E-state index in [1.807, 2.05) is 4.90 Å². The molecule has 1 unspecified atom stereocenters. The third-order valence-electron chi connectivity index (χ3n) is 3.25. The summed E-state index contributed by atoms with van der Waals surface area (Å²) in [5, 5.41) is 2.97. The monoisotopic (exact) mass is 256 g/mol. The van der Waals surface area contributed by atoms with E-state index >= 15 is 0 Å². The van der Waals surface area contributed by atoms with Gasteiger partial charge in [0.1, 0.15) is 6.04 Å². The molecule has 2 fully saturated rings. The second-order valence-electron chi connectivity index (χ2n) is 4.73. The number of carbonyl (C=O) groups is 2. The van der Waals surface area contributed by atoms with Crippen LogP contribution in [0.25, 0.3) is 0 Å². The number of nitrogens with two attached hydrogens (primary N) is 1. The Balaban J connectivity index is 1.83. The van der Waals surface area contributed by atoms with Gasteiger partial charge in [-0.05, 0) is 12.8 Å². The van der Waals surface area contributed by atoms with Gasteiger partial charge in [0, 0.05) is 25.6 Å². The first-order valence-electron chi connectivity index (χ1n) is 6.32. The fourth-order valence-electron chi connectivity index (χ4n) is 1.99. The van der Waals surface area contributed by atoms with Crippen molar-refractivity contribution in [2.75, 3.05) is 26.3 Å². The van der Waals surface area contributed by atoms with Crippen LogP contribution in [-0.2, 0) is 14.3 Å². The Bertz CT molecular complexity index is 319. The number of rotatable bonds is 5. The molecule has 4 N–H and O–H groups in total. The summed E-state index contributed by atoms with van der Waals surface area (Å²) < 4.78 is 5.34. The van der Waals surface area contributed by atoms with Crippen molar-refractivity contribution < 1.29 is 14.3 Å². The van der Waals surface area contributed by atoms with Gasteiger partial charge in [-0.25, -0.2) is 5.84 Å². The average molecular weight is 256 g/mol. The molecule has 2 rings (SSSR count). The van der Waals surface area contributed by atoms with Gasteiger partial charge in [0.2, 0.25) is 11.8 Å². The van der Waals surface area contributed by atoms with Crippen LogP contribution in [-0.4, -0.2) is 55.1 Å². The van der Waals surface area contributed by atoms with Crippen LogP contribution in [0.2, 0.25) is 0 Å². The number of hydrogen-bond donors (Lipinski definition) is 3. The number of ether oxygens (including phenoxy) is 1. The van der Waals surface area contributed by atoms with Crippen LogP contribution in [0, 0.1) is 0 Å². The molecule has 1 aliphatic heterocycles. The van der Waals surface area contributed by atoms with E-state index in [-0.39, 0.29) is 17.9 Å². The molecule has 1 aliphatic carbocycles. The van der Waals surface area contributed by atoms with Crippen LogP contribution in [0.4, 0.5) is 0 Å². The number of morpholine rings is 1. The lowest BCUT2D eigenvalue weighted by molar-refractivity contribution is -0.134. The number of carbonyl (C=O) groups excluding carboxylic acids is 2. The molecule has 0 spiro atoms. The fraction of sp³-hybridized carbons (Fsp3) is 0.818. The Kier molecular flexibility index (Phi) is 4.51. The van der Waals surface area contributed by atoms with E-state index in [9.17, 15) is 9.59 Å². The van der Waals surface area contributed by atoms with Gasteiger partial charge in [0.25, 0.3) is 0 Å². The second kappa shape index (κ2) is 6.12. The molecule has 7 nitrogen and oxygen atoms in total. The van der Waals surface area contributed by atoms with Crippen molar-refractivity contribution in [2.45, 2.75) is 31.3 Å². The number of amides is 2. The third kappa shape index (κ3) is 3.66. The van der Waals surface area contributed by atoms with E-state index in [1.54, 1.807) is 0 Å². The van der Waals surface area contributed by atoms with Crippen molar-refractivity contribution in [3.8, 4) is 0 Å². The smallest absolute Gasteiger partial charge is 0.239 e. The number of hydrogen-bond acceptors (Lipinski definition) is 5. The van der Waals surface area contributed by atoms with Crippen LogP contribution in [0.5, 0.6) is 0 Å². The largest absolute Gasteiger partial charge is 0.378 e. The Morgan fingerprint density at radius 1 is 1.39 bits per heavy atom. The molecule has 18 heavy (non-hydrogen) atoms. The molecule has 2 aliphatic rings. The Labute approximate surface area is 106 Å². The molecule has 1 saturated carbocycles. The number of hydrazine groups is 1. The van der Waals surface area contributed by atoms with Crippen molar-refractivity contribution in [1.29, 1.82) is 0 Å². The summed E-state index contributed by atoms with van der Waals surface area (Å²) in [5.74, 6) is 4.82. The van der Waals surface area contributed by atoms with Gasteiger partial charge >= 0.3 is 0 Å². The SMILES string of the molecule is NNC(=O)CCN1CCOCC1C(=O)NC1CC1. The summed E-state index contributed by atoms with van der Waals surface area (Å²) in [6.07, 6.45) is 2.42. The molecular formula is C11H20N4O3. The zero-order valence-electron chi connectivity index (χ0n) is 10.4. The molecule has 1 atom stereocenters. The molecule has 102 valence electrons. The molecular weight excluding hydrogens is 236 g/mol. The van der Waals surface area contributed by atoms with Crippen molar-refractivity contribution >= 4 is 11.8 Å². The molecule has 1 saturated heterocycles. The Morgan fingerprint density at radius 2 is 2.17 bits per heavy atom. The highest BCUT2D eigenvalue weighted by Gasteiger charge is 2.33. The summed E-state index contributed by atoms with van der Waals surface area (Å²) >= 11 is 0. The van der Waals surface area contributed by atoms with Gasteiger partial charge in [-0.3, -0.25) is 19.9 Å². The second-order valence-corrected chi connectivity index (χ2v) is 4.73. The van der Waals surface area contributed by atoms with Gasteiger partial charge in [-0.1, -0.05) is 0 Å². The van der Waals surface area contributed by atoms with Crippen LogP contribution < -0.4 is 16.6 Å². The highest BCUT2D eigenvalue weighted by Crippen LogP contribution is 2.19. The van der Waals surface area contributed by atoms with E-state index in [1.165, 1.54) is 0 Å². The first kappa shape index (κ1) is 13.3. The standard InChI is InChI=1S/C11H20N4O3/c12-14-10(16)3-4-15-5-6-18-7-9(15)11(17)13-8-1-2-8/h8-9H,1-7,12H2,(H,13,17)(H,14,16). The van der Waals surface area contributed by atoms with Crippen LogP contribution in [0.3, 0.4) is 0 Å². The lowest BCUT2D eigenvalue weighted by Crippen LogP contribution is -2.54. The summed E-state index contributed by atoms with van der Waals surface area (Å²) in [6, 6.07) is 0.0542. The van der Waals surface area contributed by atoms with E-state index in [0.29, 0.717) is 38.8 Å². The normalized spacial score (nSPS) is 24.6. The Hall–Kier alpha value is -1.18. The van der Waals surface area contributed by atoms with Gasteiger partial charge in [0.05, 0.1) is 13.2 Å². The Morgan fingerprint density at radius 3 is 2.83 bits per heavy atom. The molecule has 2 amide bonds. The predicted octanol–water partition coefficient (Wildman–Crippen LogP) is -1.65. The third-order valence-corrected chi connectivity index (χ3v) is 3.25. The summed E-state index contributed by atoms with van der Waals surface area (Å²) in [6.45, 7) is 2.18. The maximum atomic E-state index is 12.0.